The largest absolute Gasteiger partial charge is 0.382 e. The number of nitriles is 1. The minimum atomic E-state index is 0.418. The molecule has 0 amide bonds. The van der Waals surface area contributed by atoms with Crippen molar-refractivity contribution in [2.75, 3.05) is 25.5 Å². The Hall–Kier alpha value is -1.24. The molecule has 1 aromatic carbocycles. The number of halogens is 1. The maximum Gasteiger partial charge on any atom is 0.101 e. The van der Waals surface area contributed by atoms with E-state index in [0.29, 0.717) is 22.5 Å². The van der Waals surface area contributed by atoms with Crippen LogP contribution in [0.5, 0.6) is 0 Å². The zero-order valence-electron chi connectivity index (χ0n) is 11.5. The predicted octanol–water partition coefficient (Wildman–Crippen LogP) is 3.35. The van der Waals surface area contributed by atoms with Crippen molar-refractivity contribution >= 4 is 17.3 Å². The Balaban J connectivity index is 1.99. The summed E-state index contributed by atoms with van der Waals surface area (Å²) < 4.78 is 0. The average molecular weight is 278 g/mol. The minimum absolute atomic E-state index is 0.418. The van der Waals surface area contributed by atoms with Crippen molar-refractivity contribution in [3.63, 3.8) is 0 Å². The second-order valence-electron chi connectivity index (χ2n) is 5.38. The van der Waals surface area contributed by atoms with E-state index in [0.717, 1.165) is 5.69 Å². The van der Waals surface area contributed by atoms with Gasteiger partial charge in [0.15, 0.2) is 0 Å². The summed E-state index contributed by atoms with van der Waals surface area (Å²) >= 11 is 5.94. The summed E-state index contributed by atoms with van der Waals surface area (Å²) in [6, 6.07) is 8.08. The molecule has 1 fully saturated rings. The average Bonchev–Trinajstić information content (AvgIpc) is 2.41. The van der Waals surface area contributed by atoms with Gasteiger partial charge in [0.2, 0.25) is 0 Å². The van der Waals surface area contributed by atoms with Gasteiger partial charge in [-0.1, -0.05) is 11.6 Å². The molecule has 1 saturated heterocycles. The fraction of sp³-hybridized carbons (Fsp3) is 0.533. The van der Waals surface area contributed by atoms with Gasteiger partial charge in [-0.05, 0) is 64.0 Å². The quantitative estimate of drug-likeness (QED) is 0.921. The van der Waals surface area contributed by atoms with Gasteiger partial charge in [-0.25, -0.2) is 0 Å². The van der Waals surface area contributed by atoms with E-state index in [-0.39, 0.29) is 0 Å². The lowest BCUT2D eigenvalue weighted by molar-refractivity contribution is 0.208. The number of piperidine rings is 1. The Bertz CT molecular complexity index is 473. The molecule has 0 spiro atoms. The van der Waals surface area contributed by atoms with Gasteiger partial charge in [-0.3, -0.25) is 0 Å². The number of benzene rings is 1. The first-order valence-corrected chi connectivity index (χ1v) is 7.12. The van der Waals surface area contributed by atoms with E-state index in [4.69, 9.17) is 16.9 Å². The normalized spacial score (nSPS) is 18.8. The summed E-state index contributed by atoms with van der Waals surface area (Å²) in [5, 5.41) is 13.0. The molecule has 19 heavy (non-hydrogen) atoms. The first-order valence-electron chi connectivity index (χ1n) is 6.75. The van der Waals surface area contributed by atoms with Crippen LogP contribution >= 0.6 is 11.6 Å². The lowest BCUT2D eigenvalue weighted by Gasteiger charge is -2.33. The molecule has 3 nitrogen and oxygen atoms in total. The SMILES string of the molecule is CC(Nc1ccc(Cl)c(C#N)c1)C1CCN(C)CC1. The third kappa shape index (κ3) is 3.62. The Morgan fingerprint density at radius 1 is 1.42 bits per heavy atom. The zero-order chi connectivity index (χ0) is 13.8. The van der Waals surface area contributed by atoms with Crippen LogP contribution in [-0.4, -0.2) is 31.1 Å². The summed E-state index contributed by atoms with van der Waals surface area (Å²) in [6.07, 6.45) is 2.45. The molecule has 0 saturated carbocycles. The summed E-state index contributed by atoms with van der Waals surface area (Å²) in [4.78, 5) is 2.37. The third-order valence-corrected chi connectivity index (χ3v) is 4.28. The van der Waals surface area contributed by atoms with E-state index >= 15 is 0 Å². The first-order chi connectivity index (χ1) is 9.10. The maximum absolute atomic E-state index is 8.99. The van der Waals surface area contributed by atoms with Gasteiger partial charge in [0, 0.05) is 11.7 Å². The fourth-order valence-electron chi connectivity index (χ4n) is 2.61. The first kappa shape index (κ1) is 14.2. The maximum atomic E-state index is 8.99. The second kappa shape index (κ2) is 6.27. The summed E-state index contributed by atoms with van der Waals surface area (Å²) in [5.41, 5.74) is 1.51. The molecular weight excluding hydrogens is 258 g/mol. The molecule has 102 valence electrons. The number of likely N-dealkylation sites (tertiary alicyclic amines) is 1. The van der Waals surface area contributed by atoms with Crippen LogP contribution in [0.3, 0.4) is 0 Å². The number of anilines is 1. The van der Waals surface area contributed by atoms with Crippen molar-refractivity contribution in [2.45, 2.75) is 25.8 Å². The van der Waals surface area contributed by atoms with Crippen LogP contribution in [0.1, 0.15) is 25.3 Å². The Kier molecular flexibility index (Phi) is 4.68. The van der Waals surface area contributed by atoms with E-state index in [1.807, 2.05) is 12.1 Å². The van der Waals surface area contributed by atoms with Crippen molar-refractivity contribution in [1.29, 1.82) is 5.26 Å². The lowest BCUT2D eigenvalue weighted by atomic mass is 9.90. The van der Waals surface area contributed by atoms with Crippen LogP contribution in [0, 0.1) is 17.2 Å². The second-order valence-corrected chi connectivity index (χ2v) is 5.79. The monoisotopic (exact) mass is 277 g/mol. The minimum Gasteiger partial charge on any atom is -0.382 e. The summed E-state index contributed by atoms with van der Waals surface area (Å²) in [6.45, 7) is 4.55. The topological polar surface area (TPSA) is 39.1 Å². The molecule has 0 aliphatic carbocycles. The number of nitrogens with one attached hydrogen (secondary N) is 1. The number of rotatable bonds is 3. The third-order valence-electron chi connectivity index (χ3n) is 3.95. The molecule has 4 heteroatoms. The molecule has 2 rings (SSSR count). The van der Waals surface area contributed by atoms with Gasteiger partial charge in [0.1, 0.15) is 6.07 Å². The number of hydrogen-bond acceptors (Lipinski definition) is 3. The predicted molar refractivity (Wildman–Crippen MR) is 79.5 cm³/mol. The van der Waals surface area contributed by atoms with E-state index in [9.17, 15) is 0 Å². The van der Waals surface area contributed by atoms with Gasteiger partial charge in [-0.15, -0.1) is 0 Å². The fourth-order valence-corrected chi connectivity index (χ4v) is 2.77. The number of hydrogen-bond donors (Lipinski definition) is 1. The van der Waals surface area contributed by atoms with Crippen molar-refractivity contribution in [1.82, 2.24) is 4.90 Å². The van der Waals surface area contributed by atoms with Crippen LogP contribution < -0.4 is 5.32 Å². The van der Waals surface area contributed by atoms with Crippen LogP contribution in [0.25, 0.3) is 0 Å². The van der Waals surface area contributed by atoms with Crippen LogP contribution in [0.4, 0.5) is 5.69 Å². The van der Waals surface area contributed by atoms with Gasteiger partial charge < -0.3 is 10.2 Å². The highest BCUT2D eigenvalue weighted by molar-refractivity contribution is 6.31. The van der Waals surface area contributed by atoms with Crippen LogP contribution in [0.15, 0.2) is 18.2 Å². The van der Waals surface area contributed by atoms with Crippen molar-refractivity contribution < 1.29 is 0 Å². The molecule has 1 heterocycles. The van der Waals surface area contributed by atoms with Crippen molar-refractivity contribution in [3.8, 4) is 6.07 Å². The highest BCUT2D eigenvalue weighted by Crippen LogP contribution is 2.25. The smallest absolute Gasteiger partial charge is 0.101 e. The summed E-state index contributed by atoms with van der Waals surface area (Å²) in [5.74, 6) is 0.692. The highest BCUT2D eigenvalue weighted by Gasteiger charge is 2.22. The molecule has 1 aromatic rings. The molecule has 0 bridgehead atoms. The summed E-state index contributed by atoms with van der Waals surface area (Å²) in [7, 11) is 2.17. The van der Waals surface area contributed by atoms with Crippen LogP contribution in [-0.2, 0) is 0 Å². The van der Waals surface area contributed by atoms with E-state index in [2.05, 4.69) is 30.3 Å². The molecule has 1 atom stereocenters. The van der Waals surface area contributed by atoms with Crippen molar-refractivity contribution in [3.05, 3.63) is 28.8 Å². The van der Waals surface area contributed by atoms with E-state index < -0.39 is 0 Å². The van der Waals surface area contributed by atoms with Crippen molar-refractivity contribution in [2.24, 2.45) is 5.92 Å². The van der Waals surface area contributed by atoms with Gasteiger partial charge >= 0.3 is 0 Å². The molecule has 0 aromatic heterocycles. The highest BCUT2D eigenvalue weighted by atomic mass is 35.5. The molecule has 0 radical (unpaired) electrons. The number of nitrogens with zero attached hydrogens (tertiary/aromatic N) is 2. The van der Waals surface area contributed by atoms with Gasteiger partial charge in [-0.2, -0.15) is 5.26 Å². The van der Waals surface area contributed by atoms with Crippen LogP contribution in [0.2, 0.25) is 5.02 Å². The molecule has 1 N–H and O–H groups in total. The lowest BCUT2D eigenvalue weighted by Crippen LogP contribution is -2.37. The molecule has 1 aliphatic rings. The Labute approximate surface area is 120 Å². The standard InChI is InChI=1S/C15H20ClN3/c1-11(12-5-7-19(2)8-6-12)18-14-3-4-15(16)13(9-14)10-17/h3-4,9,11-12,18H,5-8H2,1-2H3. The molecule has 1 unspecified atom stereocenters. The van der Waals surface area contributed by atoms with E-state index in [1.165, 1.54) is 25.9 Å². The molecular formula is C15H20ClN3. The zero-order valence-corrected chi connectivity index (χ0v) is 12.2. The Morgan fingerprint density at radius 3 is 2.74 bits per heavy atom. The van der Waals surface area contributed by atoms with E-state index in [1.54, 1.807) is 6.07 Å². The van der Waals surface area contributed by atoms with Gasteiger partial charge in [0.05, 0.1) is 10.6 Å². The Morgan fingerprint density at radius 2 is 2.11 bits per heavy atom. The molecule has 1 aliphatic heterocycles. The van der Waals surface area contributed by atoms with Gasteiger partial charge in [0.25, 0.3) is 0 Å².